The van der Waals surface area contributed by atoms with E-state index in [1.54, 1.807) is 0 Å². The molecule has 0 rings (SSSR count). The van der Waals surface area contributed by atoms with Gasteiger partial charge in [0.1, 0.15) is 25.9 Å². The average molecular weight is 782 g/mol. The second-order valence-electron chi connectivity index (χ2n) is 16.4. The molecule has 0 N–H and O–H groups in total. The minimum absolute atomic E-state index is 0.0893. The Morgan fingerprint density at radius 3 is 1.27 bits per heavy atom. The standard InChI is InChI=1S/C46H87NO8/c1-8-13-18-19-24-31-43(48)52-36-41(37-53-45(50)34-39(27-20-14-9-2)28-21-15-10-3)42(38-54-44(49)32-25-26-33-47(6)7)55-46(51)35-40(29-22-16-11-4)30-23-17-12-5/h39-42H,8-38H2,1-7H3. The monoisotopic (exact) mass is 782 g/mol. The Labute approximate surface area is 338 Å². The van der Waals surface area contributed by atoms with Crippen molar-refractivity contribution in [3.63, 3.8) is 0 Å². The van der Waals surface area contributed by atoms with E-state index in [0.717, 1.165) is 148 Å². The molecule has 0 bridgehead atoms. The van der Waals surface area contributed by atoms with Crippen molar-refractivity contribution in [1.82, 2.24) is 4.90 Å². The molecule has 0 aliphatic heterocycles. The molecule has 0 amide bonds. The lowest BCUT2D eigenvalue weighted by Crippen LogP contribution is -2.39. The molecule has 2 unspecified atom stereocenters. The van der Waals surface area contributed by atoms with E-state index in [1.807, 2.05) is 14.1 Å². The molecule has 0 heterocycles. The number of hydrogen-bond donors (Lipinski definition) is 0. The molecule has 2 atom stereocenters. The van der Waals surface area contributed by atoms with Gasteiger partial charge in [0.25, 0.3) is 0 Å². The molecular formula is C46H87NO8. The molecule has 0 fully saturated rings. The third-order valence-electron chi connectivity index (χ3n) is 10.6. The molecule has 0 aliphatic carbocycles. The zero-order valence-corrected chi connectivity index (χ0v) is 36.9. The molecule has 0 aromatic carbocycles. The molecule has 9 heteroatoms. The fourth-order valence-corrected chi connectivity index (χ4v) is 6.99. The van der Waals surface area contributed by atoms with Crippen molar-refractivity contribution in [3.8, 4) is 0 Å². The Morgan fingerprint density at radius 2 is 0.818 bits per heavy atom. The third kappa shape index (κ3) is 32.6. The van der Waals surface area contributed by atoms with Gasteiger partial charge in [-0.05, 0) is 77.4 Å². The highest BCUT2D eigenvalue weighted by atomic mass is 16.6. The lowest BCUT2D eigenvalue weighted by Gasteiger charge is -2.27. The number of esters is 4. The fourth-order valence-electron chi connectivity index (χ4n) is 6.99. The predicted molar refractivity (Wildman–Crippen MR) is 225 cm³/mol. The van der Waals surface area contributed by atoms with Gasteiger partial charge >= 0.3 is 23.9 Å². The molecular weight excluding hydrogens is 695 g/mol. The van der Waals surface area contributed by atoms with E-state index in [2.05, 4.69) is 39.5 Å². The molecule has 55 heavy (non-hydrogen) atoms. The van der Waals surface area contributed by atoms with E-state index in [9.17, 15) is 19.2 Å². The van der Waals surface area contributed by atoms with Crippen LogP contribution < -0.4 is 0 Å². The topological polar surface area (TPSA) is 108 Å². The van der Waals surface area contributed by atoms with Crippen LogP contribution in [0, 0.1) is 17.8 Å². The van der Waals surface area contributed by atoms with Crippen LogP contribution in [0.4, 0.5) is 0 Å². The van der Waals surface area contributed by atoms with E-state index < -0.39 is 12.0 Å². The van der Waals surface area contributed by atoms with E-state index in [1.165, 1.54) is 0 Å². The van der Waals surface area contributed by atoms with Crippen molar-refractivity contribution in [2.45, 2.75) is 214 Å². The number of rotatable bonds is 39. The summed E-state index contributed by atoms with van der Waals surface area (Å²) in [5.41, 5.74) is 0. The molecule has 0 aromatic rings. The summed E-state index contributed by atoms with van der Waals surface area (Å²) in [4.78, 5) is 54.9. The zero-order valence-electron chi connectivity index (χ0n) is 36.9. The Kier molecular flexibility index (Phi) is 35.9. The minimum atomic E-state index is -0.916. The highest BCUT2D eigenvalue weighted by Gasteiger charge is 2.31. The maximum Gasteiger partial charge on any atom is 0.306 e. The Morgan fingerprint density at radius 1 is 0.436 bits per heavy atom. The van der Waals surface area contributed by atoms with E-state index in [4.69, 9.17) is 18.9 Å². The first-order chi connectivity index (χ1) is 26.6. The molecule has 0 radical (unpaired) electrons. The van der Waals surface area contributed by atoms with Crippen LogP contribution in [-0.2, 0) is 38.1 Å². The number of carbonyl (C=O) groups excluding carboxylic acids is 4. The van der Waals surface area contributed by atoms with Crippen molar-refractivity contribution in [3.05, 3.63) is 0 Å². The summed E-state index contributed by atoms with van der Waals surface area (Å²) in [6, 6.07) is 0. The van der Waals surface area contributed by atoms with Crippen molar-refractivity contribution >= 4 is 23.9 Å². The quantitative estimate of drug-likeness (QED) is 0.0342. The normalized spacial score (nSPS) is 12.6. The SMILES string of the molecule is CCCCCCCC(=O)OCC(COC(=O)CC(CCCCC)CCCCC)C(COC(=O)CCCCN(C)C)OC(=O)CC(CCCCC)CCCCC. The van der Waals surface area contributed by atoms with Crippen molar-refractivity contribution in [1.29, 1.82) is 0 Å². The van der Waals surface area contributed by atoms with E-state index in [-0.39, 0.29) is 68.4 Å². The number of carbonyl (C=O) groups is 4. The Bertz CT molecular complexity index is 921. The van der Waals surface area contributed by atoms with Crippen molar-refractivity contribution < 1.29 is 38.1 Å². The van der Waals surface area contributed by atoms with Gasteiger partial charge in [-0.25, -0.2) is 0 Å². The van der Waals surface area contributed by atoms with Crippen molar-refractivity contribution in [2.75, 3.05) is 40.5 Å². The first kappa shape index (κ1) is 52.8. The maximum absolute atomic E-state index is 13.7. The molecule has 9 nitrogen and oxygen atoms in total. The zero-order chi connectivity index (χ0) is 40.9. The van der Waals surface area contributed by atoms with Crippen molar-refractivity contribution in [2.24, 2.45) is 17.8 Å². The molecule has 0 spiro atoms. The second-order valence-corrected chi connectivity index (χ2v) is 16.4. The number of ether oxygens (including phenoxy) is 4. The van der Waals surface area contributed by atoms with Crippen LogP contribution >= 0.6 is 0 Å². The van der Waals surface area contributed by atoms with Gasteiger partial charge in [-0.3, -0.25) is 19.2 Å². The van der Waals surface area contributed by atoms with Crippen LogP contribution in [0.15, 0.2) is 0 Å². The van der Waals surface area contributed by atoms with Crippen LogP contribution in [0.25, 0.3) is 0 Å². The number of nitrogens with zero attached hydrogens (tertiary/aromatic N) is 1. The van der Waals surface area contributed by atoms with Crippen LogP contribution in [-0.4, -0.2) is 75.3 Å². The van der Waals surface area contributed by atoms with Gasteiger partial charge < -0.3 is 23.8 Å². The summed E-state index contributed by atoms with van der Waals surface area (Å²) >= 11 is 0. The summed E-state index contributed by atoms with van der Waals surface area (Å²) in [5.74, 6) is -1.53. The largest absolute Gasteiger partial charge is 0.465 e. The third-order valence-corrected chi connectivity index (χ3v) is 10.6. The average Bonchev–Trinajstić information content (AvgIpc) is 3.15. The summed E-state index contributed by atoms with van der Waals surface area (Å²) in [6.45, 7) is 11.4. The van der Waals surface area contributed by atoms with Gasteiger partial charge in [-0.15, -0.1) is 0 Å². The summed E-state index contributed by atoms with van der Waals surface area (Å²) in [5, 5.41) is 0. The highest BCUT2D eigenvalue weighted by Crippen LogP contribution is 2.25. The lowest BCUT2D eigenvalue weighted by atomic mass is 9.92. The molecule has 324 valence electrons. The Hall–Kier alpha value is -2.16. The maximum atomic E-state index is 13.7. The van der Waals surface area contributed by atoms with Crippen LogP contribution in [0.1, 0.15) is 208 Å². The fraction of sp³-hybridized carbons (Fsp3) is 0.913. The van der Waals surface area contributed by atoms with Crippen LogP contribution in [0.3, 0.4) is 0 Å². The smallest absolute Gasteiger partial charge is 0.306 e. The second kappa shape index (κ2) is 37.4. The summed E-state index contributed by atoms with van der Waals surface area (Å²) in [6.07, 6.45) is 24.1. The lowest BCUT2D eigenvalue weighted by molar-refractivity contribution is -0.170. The van der Waals surface area contributed by atoms with Gasteiger partial charge in [-0.1, -0.05) is 137 Å². The Balaban J connectivity index is 6.08. The van der Waals surface area contributed by atoms with Crippen LogP contribution in [0.5, 0.6) is 0 Å². The molecule has 0 saturated heterocycles. The highest BCUT2D eigenvalue weighted by molar-refractivity contribution is 5.71. The molecule has 0 aromatic heterocycles. The van der Waals surface area contributed by atoms with Gasteiger partial charge in [0.15, 0.2) is 0 Å². The summed E-state index contributed by atoms with van der Waals surface area (Å²) < 4.78 is 23.6. The van der Waals surface area contributed by atoms with Gasteiger partial charge in [0.2, 0.25) is 0 Å². The molecule has 0 aliphatic rings. The van der Waals surface area contributed by atoms with E-state index >= 15 is 0 Å². The van der Waals surface area contributed by atoms with Gasteiger partial charge in [0.05, 0.1) is 5.92 Å². The predicted octanol–water partition coefficient (Wildman–Crippen LogP) is 11.6. The van der Waals surface area contributed by atoms with Gasteiger partial charge in [-0.2, -0.15) is 0 Å². The number of hydrogen-bond acceptors (Lipinski definition) is 9. The first-order valence-electron chi connectivity index (χ1n) is 22.9. The van der Waals surface area contributed by atoms with Crippen LogP contribution in [0.2, 0.25) is 0 Å². The molecule has 0 saturated carbocycles. The first-order valence-corrected chi connectivity index (χ1v) is 22.9. The summed E-state index contributed by atoms with van der Waals surface area (Å²) in [7, 11) is 4.00. The van der Waals surface area contributed by atoms with E-state index in [0.29, 0.717) is 19.3 Å². The number of unbranched alkanes of at least 4 members (excludes halogenated alkanes) is 13. The minimum Gasteiger partial charge on any atom is -0.465 e. The van der Waals surface area contributed by atoms with Gasteiger partial charge in [0, 0.05) is 25.7 Å².